The van der Waals surface area contributed by atoms with Crippen molar-refractivity contribution in [3.05, 3.63) is 12.2 Å². The van der Waals surface area contributed by atoms with Gasteiger partial charge in [-0.05, 0) is 13.0 Å². The summed E-state index contributed by atoms with van der Waals surface area (Å²) in [6.45, 7) is 4.09. The maximum atomic E-state index is 12.1. The van der Waals surface area contributed by atoms with Crippen LogP contribution >= 0.6 is 0 Å². The third-order valence-corrected chi connectivity index (χ3v) is 2.64. The predicted octanol–water partition coefficient (Wildman–Crippen LogP) is 1.79. The molecule has 0 saturated heterocycles. The number of nitrogens with one attached hydrogen (secondary N) is 1. The first-order valence-electron chi connectivity index (χ1n) is 6.70. The number of halogens is 3. The zero-order valence-electron chi connectivity index (χ0n) is 11.8. The van der Waals surface area contributed by atoms with Crippen LogP contribution in [-0.2, 0) is 17.7 Å². The number of alkyl halides is 3. The van der Waals surface area contributed by atoms with E-state index in [9.17, 15) is 13.2 Å². The third kappa shape index (κ3) is 6.33. The summed E-state index contributed by atoms with van der Waals surface area (Å²) in [6, 6.07) is -0.206. The molecule has 0 aliphatic heterocycles. The van der Waals surface area contributed by atoms with Crippen molar-refractivity contribution in [1.29, 1.82) is 0 Å². The van der Waals surface area contributed by atoms with Crippen LogP contribution in [0.2, 0.25) is 0 Å². The molecule has 116 valence electrons. The maximum Gasteiger partial charge on any atom is 0.411 e. The highest BCUT2D eigenvalue weighted by Gasteiger charge is 2.28. The molecule has 5 nitrogen and oxygen atoms in total. The second-order valence-electron chi connectivity index (χ2n) is 4.49. The van der Waals surface area contributed by atoms with Gasteiger partial charge in [-0.3, -0.25) is 4.68 Å². The second kappa shape index (κ2) is 8.21. The lowest BCUT2D eigenvalue weighted by Gasteiger charge is -2.18. The summed E-state index contributed by atoms with van der Waals surface area (Å²) >= 11 is 0. The van der Waals surface area contributed by atoms with Crippen LogP contribution in [0.4, 0.5) is 13.2 Å². The topological polar surface area (TPSA) is 52.0 Å². The summed E-state index contributed by atoms with van der Waals surface area (Å²) in [7, 11) is 0. The van der Waals surface area contributed by atoms with Gasteiger partial charge in [-0.25, -0.2) is 4.98 Å². The second-order valence-corrected chi connectivity index (χ2v) is 4.49. The van der Waals surface area contributed by atoms with Crippen LogP contribution in [0.5, 0.6) is 0 Å². The number of hydrogen-bond acceptors (Lipinski definition) is 4. The van der Waals surface area contributed by atoms with E-state index in [1.807, 2.05) is 13.8 Å². The summed E-state index contributed by atoms with van der Waals surface area (Å²) in [5.41, 5.74) is 0. The SMILES string of the molecule is CCCn1ncnc1CC(COCC(F)(F)F)NCC. The highest BCUT2D eigenvalue weighted by Crippen LogP contribution is 2.14. The predicted molar refractivity (Wildman–Crippen MR) is 68.4 cm³/mol. The van der Waals surface area contributed by atoms with Crippen molar-refractivity contribution < 1.29 is 17.9 Å². The Morgan fingerprint density at radius 1 is 1.40 bits per heavy atom. The summed E-state index contributed by atoms with van der Waals surface area (Å²) in [4.78, 5) is 4.15. The average molecular weight is 294 g/mol. The van der Waals surface area contributed by atoms with E-state index < -0.39 is 12.8 Å². The maximum absolute atomic E-state index is 12.1. The standard InChI is InChI=1S/C12H21F3N4O/c1-3-5-19-11(17-9-18-19)6-10(16-4-2)7-20-8-12(13,14)15/h9-10,16H,3-8H2,1-2H3. The molecule has 1 rings (SSSR count). The Hall–Kier alpha value is -1.15. The van der Waals surface area contributed by atoms with E-state index in [4.69, 9.17) is 4.74 Å². The molecular weight excluding hydrogens is 273 g/mol. The minimum Gasteiger partial charge on any atom is -0.370 e. The van der Waals surface area contributed by atoms with Gasteiger partial charge in [0.25, 0.3) is 0 Å². The smallest absolute Gasteiger partial charge is 0.370 e. The lowest BCUT2D eigenvalue weighted by molar-refractivity contribution is -0.175. The van der Waals surface area contributed by atoms with E-state index >= 15 is 0 Å². The van der Waals surface area contributed by atoms with Crippen LogP contribution < -0.4 is 5.32 Å². The normalized spacial score (nSPS) is 13.7. The van der Waals surface area contributed by atoms with Crippen molar-refractivity contribution in [2.75, 3.05) is 19.8 Å². The van der Waals surface area contributed by atoms with Crippen molar-refractivity contribution in [3.8, 4) is 0 Å². The number of likely N-dealkylation sites (N-methyl/N-ethyl adjacent to an activating group) is 1. The van der Waals surface area contributed by atoms with Gasteiger partial charge in [-0.15, -0.1) is 0 Å². The zero-order chi connectivity index (χ0) is 15.0. The van der Waals surface area contributed by atoms with Crippen molar-refractivity contribution in [2.45, 2.75) is 45.5 Å². The lowest BCUT2D eigenvalue weighted by Crippen LogP contribution is -2.37. The Balaban J connectivity index is 2.51. The van der Waals surface area contributed by atoms with E-state index in [-0.39, 0.29) is 12.6 Å². The highest BCUT2D eigenvalue weighted by atomic mass is 19.4. The molecule has 0 aliphatic carbocycles. The van der Waals surface area contributed by atoms with Crippen LogP contribution in [0.3, 0.4) is 0 Å². The van der Waals surface area contributed by atoms with Crippen molar-refractivity contribution in [2.24, 2.45) is 0 Å². The molecule has 8 heteroatoms. The first-order valence-corrected chi connectivity index (χ1v) is 6.70. The summed E-state index contributed by atoms with van der Waals surface area (Å²) in [5.74, 6) is 0.758. The number of ether oxygens (including phenoxy) is 1. The Morgan fingerprint density at radius 2 is 2.15 bits per heavy atom. The minimum atomic E-state index is -4.29. The van der Waals surface area contributed by atoms with E-state index in [0.717, 1.165) is 18.8 Å². The molecule has 1 unspecified atom stereocenters. The molecule has 1 heterocycles. The Bertz CT molecular complexity index is 381. The minimum absolute atomic E-state index is 0.00760. The molecule has 1 aromatic rings. The molecule has 1 aromatic heterocycles. The van der Waals surface area contributed by atoms with Gasteiger partial charge in [0.2, 0.25) is 0 Å². The zero-order valence-corrected chi connectivity index (χ0v) is 11.8. The van der Waals surface area contributed by atoms with Crippen LogP contribution in [0.25, 0.3) is 0 Å². The average Bonchev–Trinajstić information content (AvgIpc) is 2.76. The first kappa shape index (κ1) is 16.9. The summed E-state index contributed by atoms with van der Waals surface area (Å²) in [5, 5.41) is 7.20. The molecule has 0 amide bonds. The lowest BCUT2D eigenvalue weighted by atomic mass is 10.2. The van der Waals surface area contributed by atoms with E-state index in [1.54, 1.807) is 4.68 Å². The first-order chi connectivity index (χ1) is 9.46. The number of rotatable bonds is 9. The number of aromatic nitrogens is 3. The van der Waals surface area contributed by atoms with Crippen LogP contribution in [0.1, 0.15) is 26.1 Å². The molecule has 1 N–H and O–H groups in total. The summed E-state index contributed by atoms with van der Waals surface area (Å²) < 4.78 is 42.7. The van der Waals surface area contributed by atoms with Crippen LogP contribution in [-0.4, -0.2) is 46.7 Å². The molecule has 0 fully saturated rings. The number of hydrogen-bond donors (Lipinski definition) is 1. The third-order valence-electron chi connectivity index (χ3n) is 2.64. The van der Waals surface area contributed by atoms with Gasteiger partial charge in [0.1, 0.15) is 18.8 Å². The molecule has 0 bridgehead atoms. The van der Waals surface area contributed by atoms with Gasteiger partial charge >= 0.3 is 6.18 Å². The van der Waals surface area contributed by atoms with Crippen LogP contribution in [0.15, 0.2) is 6.33 Å². The molecule has 1 atom stereocenters. The molecule has 0 spiro atoms. The molecule has 0 aliphatic rings. The number of nitrogens with zero attached hydrogens (tertiary/aromatic N) is 3. The van der Waals surface area contributed by atoms with Gasteiger partial charge in [0.15, 0.2) is 0 Å². The van der Waals surface area contributed by atoms with Gasteiger partial charge < -0.3 is 10.1 Å². The molecule has 0 radical (unpaired) electrons. The Kier molecular flexibility index (Phi) is 6.94. The fraction of sp³-hybridized carbons (Fsp3) is 0.833. The van der Waals surface area contributed by atoms with Crippen LogP contribution in [0, 0.1) is 0 Å². The number of aryl methyl sites for hydroxylation is 1. The van der Waals surface area contributed by atoms with E-state index in [2.05, 4.69) is 15.4 Å². The van der Waals surface area contributed by atoms with Gasteiger partial charge in [0.05, 0.1) is 6.61 Å². The molecular formula is C12H21F3N4O. The fourth-order valence-electron chi connectivity index (χ4n) is 1.86. The van der Waals surface area contributed by atoms with Gasteiger partial charge in [-0.2, -0.15) is 18.3 Å². The van der Waals surface area contributed by atoms with Gasteiger partial charge in [-0.1, -0.05) is 13.8 Å². The molecule has 20 heavy (non-hydrogen) atoms. The van der Waals surface area contributed by atoms with Gasteiger partial charge in [0, 0.05) is 19.0 Å². The van der Waals surface area contributed by atoms with Crippen molar-refractivity contribution in [3.63, 3.8) is 0 Å². The Morgan fingerprint density at radius 3 is 2.75 bits per heavy atom. The van der Waals surface area contributed by atoms with Crippen molar-refractivity contribution in [1.82, 2.24) is 20.1 Å². The van der Waals surface area contributed by atoms with E-state index in [0.29, 0.717) is 13.0 Å². The molecule has 0 aromatic carbocycles. The fourth-order valence-corrected chi connectivity index (χ4v) is 1.86. The highest BCUT2D eigenvalue weighted by molar-refractivity contribution is 4.90. The van der Waals surface area contributed by atoms with E-state index in [1.165, 1.54) is 6.33 Å². The quantitative estimate of drug-likeness (QED) is 0.754. The monoisotopic (exact) mass is 294 g/mol. The van der Waals surface area contributed by atoms with Crippen molar-refractivity contribution >= 4 is 0 Å². The summed E-state index contributed by atoms with van der Waals surface area (Å²) in [6.07, 6.45) is -1.41. The largest absolute Gasteiger partial charge is 0.411 e. The molecule has 0 saturated carbocycles. The Labute approximate surface area is 116 Å².